The van der Waals surface area contributed by atoms with E-state index in [-0.39, 0.29) is 5.97 Å². The Hall–Kier alpha value is -2.17. The number of esters is 1. The van der Waals surface area contributed by atoms with Crippen LogP contribution in [0.15, 0.2) is 18.2 Å². The van der Waals surface area contributed by atoms with E-state index in [0.717, 1.165) is 12.0 Å². The molecule has 128 valence electrons. The molecule has 1 aromatic carbocycles. The first kappa shape index (κ1) is 18.9. The van der Waals surface area contributed by atoms with E-state index < -0.39 is 0 Å². The molecule has 0 radical (unpaired) electrons. The predicted octanol–water partition coefficient (Wildman–Crippen LogP) is 3.85. The summed E-state index contributed by atoms with van der Waals surface area (Å²) in [4.78, 5) is 11.6. The van der Waals surface area contributed by atoms with Crippen molar-refractivity contribution in [3.05, 3.63) is 23.8 Å². The van der Waals surface area contributed by atoms with Gasteiger partial charge < -0.3 is 18.9 Å². The number of rotatable bonds is 10. The summed E-state index contributed by atoms with van der Waals surface area (Å²) in [5, 5.41) is 0. The van der Waals surface area contributed by atoms with Crippen LogP contribution in [-0.4, -0.2) is 32.4 Å². The zero-order chi connectivity index (χ0) is 17.1. The van der Waals surface area contributed by atoms with E-state index in [9.17, 15) is 4.79 Å². The Bertz CT molecular complexity index is 522. The molecule has 0 unspecified atom stereocenters. The average Bonchev–Trinajstić information content (AvgIpc) is 2.55. The van der Waals surface area contributed by atoms with Crippen molar-refractivity contribution in [1.82, 2.24) is 0 Å². The lowest BCUT2D eigenvalue weighted by Crippen LogP contribution is -2.04. The molecular formula is C18H26O5. The quantitative estimate of drug-likeness (QED) is 0.484. The third kappa shape index (κ3) is 5.85. The number of hydrogen-bond acceptors (Lipinski definition) is 5. The first-order valence-electron chi connectivity index (χ1n) is 8.08. The Morgan fingerprint density at radius 3 is 2.22 bits per heavy atom. The summed E-state index contributed by atoms with van der Waals surface area (Å²) in [6.07, 6.45) is 3.85. The van der Waals surface area contributed by atoms with Crippen molar-refractivity contribution in [3.63, 3.8) is 0 Å². The van der Waals surface area contributed by atoms with Gasteiger partial charge in [-0.1, -0.05) is 6.92 Å². The highest BCUT2D eigenvalue weighted by molar-refractivity contribution is 5.88. The van der Waals surface area contributed by atoms with Gasteiger partial charge in [0.15, 0.2) is 11.5 Å². The smallest absolute Gasteiger partial charge is 0.330 e. The molecule has 0 aliphatic heterocycles. The Morgan fingerprint density at radius 2 is 1.61 bits per heavy atom. The molecule has 0 atom stereocenters. The van der Waals surface area contributed by atoms with E-state index in [0.29, 0.717) is 43.7 Å². The maximum atomic E-state index is 11.6. The standard InChI is InChI=1S/C18H26O5/c1-5-13-23-16(19)12-10-14-9-11-15(20-6-2)18(22-8-4)17(14)21-7-3/h9-12H,5-8,13H2,1-4H3. The molecule has 0 amide bonds. The molecule has 0 aliphatic rings. The highest BCUT2D eigenvalue weighted by atomic mass is 16.5. The van der Waals surface area contributed by atoms with Crippen LogP contribution in [0.3, 0.4) is 0 Å². The number of benzene rings is 1. The zero-order valence-corrected chi connectivity index (χ0v) is 14.4. The first-order valence-corrected chi connectivity index (χ1v) is 8.08. The molecule has 0 aromatic heterocycles. The average molecular weight is 322 g/mol. The van der Waals surface area contributed by atoms with E-state index in [2.05, 4.69) is 0 Å². The summed E-state index contributed by atoms with van der Waals surface area (Å²) < 4.78 is 22.0. The Morgan fingerprint density at radius 1 is 0.957 bits per heavy atom. The second-order valence-electron chi connectivity index (χ2n) is 4.61. The fourth-order valence-corrected chi connectivity index (χ4v) is 1.94. The monoisotopic (exact) mass is 322 g/mol. The van der Waals surface area contributed by atoms with Crippen molar-refractivity contribution in [2.45, 2.75) is 34.1 Å². The topological polar surface area (TPSA) is 54.0 Å². The number of carbonyl (C=O) groups excluding carboxylic acids is 1. The second kappa shape index (κ2) is 10.5. The molecule has 0 fully saturated rings. The second-order valence-corrected chi connectivity index (χ2v) is 4.61. The summed E-state index contributed by atoms with van der Waals surface area (Å²) >= 11 is 0. The van der Waals surface area contributed by atoms with Crippen LogP contribution in [0.1, 0.15) is 39.7 Å². The lowest BCUT2D eigenvalue weighted by atomic mass is 10.1. The van der Waals surface area contributed by atoms with E-state index in [1.165, 1.54) is 6.08 Å². The number of ether oxygens (including phenoxy) is 4. The molecule has 1 rings (SSSR count). The summed E-state index contributed by atoms with van der Waals surface area (Å²) in [6, 6.07) is 3.65. The van der Waals surface area contributed by atoms with Gasteiger partial charge in [-0.2, -0.15) is 0 Å². The SMILES string of the molecule is CCCOC(=O)C=Cc1ccc(OCC)c(OCC)c1OCC. The zero-order valence-electron chi connectivity index (χ0n) is 14.4. The van der Waals surface area contributed by atoms with Crippen molar-refractivity contribution in [2.24, 2.45) is 0 Å². The molecular weight excluding hydrogens is 296 g/mol. The van der Waals surface area contributed by atoms with Crippen LogP contribution in [-0.2, 0) is 9.53 Å². The van der Waals surface area contributed by atoms with Gasteiger partial charge >= 0.3 is 5.97 Å². The molecule has 0 heterocycles. The maximum absolute atomic E-state index is 11.6. The predicted molar refractivity (Wildman–Crippen MR) is 90.2 cm³/mol. The van der Waals surface area contributed by atoms with Gasteiger partial charge in [-0.15, -0.1) is 0 Å². The summed E-state index contributed by atoms with van der Waals surface area (Å²) in [7, 11) is 0. The first-order chi connectivity index (χ1) is 11.2. The van der Waals surface area contributed by atoms with E-state index >= 15 is 0 Å². The molecule has 0 saturated carbocycles. The number of carbonyl (C=O) groups is 1. The third-order valence-corrected chi connectivity index (χ3v) is 2.83. The van der Waals surface area contributed by atoms with Gasteiger partial charge in [-0.25, -0.2) is 4.79 Å². The molecule has 0 N–H and O–H groups in total. The van der Waals surface area contributed by atoms with Crippen LogP contribution in [0.25, 0.3) is 6.08 Å². The van der Waals surface area contributed by atoms with Gasteiger partial charge in [-0.3, -0.25) is 0 Å². The Kier molecular flexibility index (Phi) is 8.65. The van der Waals surface area contributed by atoms with Crippen molar-refractivity contribution in [2.75, 3.05) is 26.4 Å². The van der Waals surface area contributed by atoms with Crippen LogP contribution in [0, 0.1) is 0 Å². The van der Waals surface area contributed by atoms with E-state index in [1.54, 1.807) is 6.08 Å². The van der Waals surface area contributed by atoms with E-state index in [1.807, 2.05) is 39.8 Å². The molecule has 0 saturated heterocycles. The van der Waals surface area contributed by atoms with Crippen molar-refractivity contribution in [3.8, 4) is 17.2 Å². The van der Waals surface area contributed by atoms with Crippen LogP contribution < -0.4 is 14.2 Å². The van der Waals surface area contributed by atoms with Crippen LogP contribution >= 0.6 is 0 Å². The van der Waals surface area contributed by atoms with Gasteiger partial charge in [-0.05, 0) is 45.4 Å². The lowest BCUT2D eigenvalue weighted by molar-refractivity contribution is -0.137. The van der Waals surface area contributed by atoms with Gasteiger partial charge in [0.25, 0.3) is 0 Å². The Labute approximate surface area is 138 Å². The molecule has 0 spiro atoms. The van der Waals surface area contributed by atoms with Crippen molar-refractivity contribution >= 4 is 12.0 Å². The largest absolute Gasteiger partial charge is 0.490 e. The highest BCUT2D eigenvalue weighted by Crippen LogP contribution is 2.41. The molecule has 1 aromatic rings. The van der Waals surface area contributed by atoms with Gasteiger partial charge in [0.05, 0.1) is 26.4 Å². The normalized spacial score (nSPS) is 10.6. The van der Waals surface area contributed by atoms with Crippen LogP contribution in [0.2, 0.25) is 0 Å². The Balaban J connectivity index is 3.12. The van der Waals surface area contributed by atoms with Crippen LogP contribution in [0.5, 0.6) is 17.2 Å². The van der Waals surface area contributed by atoms with Crippen molar-refractivity contribution in [1.29, 1.82) is 0 Å². The summed E-state index contributed by atoms with van der Waals surface area (Å²) in [5.41, 5.74) is 0.743. The molecule has 5 nitrogen and oxygen atoms in total. The minimum Gasteiger partial charge on any atom is -0.490 e. The third-order valence-electron chi connectivity index (χ3n) is 2.83. The summed E-state index contributed by atoms with van der Waals surface area (Å²) in [5.74, 6) is 1.38. The van der Waals surface area contributed by atoms with Crippen molar-refractivity contribution < 1.29 is 23.7 Å². The van der Waals surface area contributed by atoms with Gasteiger partial charge in [0, 0.05) is 11.6 Å². The fraction of sp³-hybridized carbons (Fsp3) is 0.500. The summed E-state index contributed by atoms with van der Waals surface area (Å²) in [6.45, 7) is 9.57. The molecule has 23 heavy (non-hydrogen) atoms. The van der Waals surface area contributed by atoms with Gasteiger partial charge in [0.1, 0.15) is 0 Å². The minimum absolute atomic E-state index is 0.374. The molecule has 0 aliphatic carbocycles. The van der Waals surface area contributed by atoms with Crippen LogP contribution in [0.4, 0.5) is 0 Å². The van der Waals surface area contributed by atoms with Gasteiger partial charge in [0.2, 0.25) is 5.75 Å². The molecule has 0 bridgehead atoms. The number of hydrogen-bond donors (Lipinski definition) is 0. The molecule has 5 heteroatoms. The highest BCUT2D eigenvalue weighted by Gasteiger charge is 2.16. The minimum atomic E-state index is -0.374. The lowest BCUT2D eigenvalue weighted by Gasteiger charge is -2.17. The fourth-order valence-electron chi connectivity index (χ4n) is 1.94. The maximum Gasteiger partial charge on any atom is 0.330 e. The van der Waals surface area contributed by atoms with E-state index in [4.69, 9.17) is 18.9 Å².